The lowest BCUT2D eigenvalue weighted by molar-refractivity contribution is -0.171. The second kappa shape index (κ2) is 10.7. The smallest absolute Gasteiger partial charge is 0.407 e. The number of ether oxygens (including phenoxy) is 1. The SMILES string of the molecule is CC(C)(C)OC(=O)NC1CCC2(CC1)CN([C@@H](CCC(N)=O)C(N)=O)C2=O.S.[2H]I. The Morgan fingerprint density at radius 3 is 2.28 bits per heavy atom. The van der Waals surface area contributed by atoms with Crippen molar-refractivity contribution in [1.29, 1.82) is 0.594 Å². The van der Waals surface area contributed by atoms with E-state index in [1.807, 2.05) is 0 Å². The first kappa shape index (κ1) is 25.8. The molecule has 4 amide bonds. The highest BCUT2D eigenvalue weighted by atomic mass is 127. The van der Waals surface area contributed by atoms with E-state index in [-0.39, 0.29) is 38.3 Å². The number of nitrogens with one attached hydrogen (secondary N) is 1. The molecule has 1 saturated heterocycles. The Kier molecular flexibility index (Phi) is 9.51. The van der Waals surface area contributed by atoms with Crippen LogP contribution in [0.3, 0.4) is 0 Å². The minimum Gasteiger partial charge on any atom is -0.444 e. The van der Waals surface area contributed by atoms with Crippen LogP contribution in [0.4, 0.5) is 4.79 Å². The second-order valence-electron chi connectivity index (χ2n) is 8.56. The van der Waals surface area contributed by atoms with Crippen molar-refractivity contribution >= 4 is 61.1 Å². The fraction of sp³-hybridized carbons (Fsp3) is 0.778. The summed E-state index contributed by atoms with van der Waals surface area (Å²) in [6, 6.07) is -0.831. The van der Waals surface area contributed by atoms with Gasteiger partial charge in [-0.05, 0) is 52.9 Å². The molecule has 1 aliphatic heterocycles. The van der Waals surface area contributed by atoms with Gasteiger partial charge in [-0.15, -0.1) is 23.8 Å². The van der Waals surface area contributed by atoms with E-state index in [0.29, 0.717) is 32.2 Å². The zero-order valence-corrected chi connectivity index (χ0v) is 20.3. The minimum atomic E-state index is -0.798. The summed E-state index contributed by atoms with van der Waals surface area (Å²) >= 11 is 1.40. The number of carbonyl (C=O) groups excluding carboxylic acids is 4. The zero-order valence-electron chi connectivity index (χ0n) is 18.1. The molecule has 168 valence electrons. The first-order chi connectivity index (χ1) is 13.4. The Morgan fingerprint density at radius 1 is 1.31 bits per heavy atom. The van der Waals surface area contributed by atoms with Crippen LogP contribution >= 0.6 is 37.3 Å². The summed E-state index contributed by atoms with van der Waals surface area (Å²) in [5.74, 6) is -1.26. The lowest BCUT2D eigenvalue weighted by Crippen LogP contribution is -2.68. The van der Waals surface area contributed by atoms with Gasteiger partial charge in [0.15, 0.2) is 0 Å². The predicted octanol–water partition coefficient (Wildman–Crippen LogP) is 1.13. The maximum Gasteiger partial charge on any atom is 0.407 e. The van der Waals surface area contributed by atoms with Crippen molar-refractivity contribution in [3.8, 4) is 0 Å². The summed E-state index contributed by atoms with van der Waals surface area (Å²) in [5, 5.41) is 2.85. The van der Waals surface area contributed by atoms with Gasteiger partial charge in [-0.25, -0.2) is 4.79 Å². The zero-order chi connectivity index (χ0) is 22.4. The first-order valence-electron chi connectivity index (χ1n) is 9.69. The van der Waals surface area contributed by atoms with Crippen molar-refractivity contribution in [2.24, 2.45) is 16.9 Å². The molecule has 1 heterocycles. The highest BCUT2D eigenvalue weighted by Crippen LogP contribution is 2.46. The number of alkyl carbamates (subject to hydrolysis) is 1. The number of likely N-dealkylation sites (tertiary alicyclic amines) is 1. The summed E-state index contributed by atoms with van der Waals surface area (Å²) in [4.78, 5) is 48.7. The maximum absolute atomic E-state index is 12.7. The van der Waals surface area contributed by atoms with Crippen molar-refractivity contribution in [1.82, 2.24) is 10.2 Å². The highest BCUT2D eigenvalue weighted by Gasteiger charge is 2.55. The topological polar surface area (TPSA) is 145 Å². The number of β-lactam (4-membered cyclic amide) rings is 1. The molecule has 0 aromatic rings. The quantitative estimate of drug-likeness (QED) is 0.339. The molecule has 0 bridgehead atoms. The number of rotatable bonds is 6. The van der Waals surface area contributed by atoms with Crippen molar-refractivity contribution in [2.45, 2.75) is 77.0 Å². The molecule has 0 aromatic heterocycles. The van der Waals surface area contributed by atoms with Gasteiger partial charge in [-0.3, -0.25) is 14.4 Å². The Labute approximate surface area is 195 Å². The number of hydrogen-bond donors (Lipinski definition) is 3. The van der Waals surface area contributed by atoms with Gasteiger partial charge in [0.2, 0.25) is 17.7 Å². The molecule has 0 unspecified atom stereocenters. The number of halogens is 1. The fourth-order valence-electron chi connectivity index (χ4n) is 3.82. The van der Waals surface area contributed by atoms with E-state index in [1.54, 1.807) is 20.8 Å². The predicted molar refractivity (Wildman–Crippen MR) is 123 cm³/mol. The molecule has 0 aromatic carbocycles. The maximum atomic E-state index is 12.7. The molecule has 5 N–H and O–H groups in total. The minimum absolute atomic E-state index is 0. The second-order valence-corrected chi connectivity index (χ2v) is 8.56. The molecule has 11 heteroatoms. The number of nitrogens with zero attached hydrogens (tertiary/aromatic N) is 1. The Bertz CT molecular complexity index is 639. The molecule has 1 saturated carbocycles. The van der Waals surface area contributed by atoms with Crippen LogP contribution in [0.5, 0.6) is 0 Å². The number of hydrogen-bond acceptors (Lipinski definition) is 5. The van der Waals surface area contributed by atoms with Crippen molar-refractivity contribution in [3.63, 3.8) is 0 Å². The van der Waals surface area contributed by atoms with E-state index in [9.17, 15) is 19.2 Å². The molecule has 1 aliphatic carbocycles. The van der Waals surface area contributed by atoms with Crippen LogP contribution in [0.2, 0.25) is 0 Å². The third-order valence-electron chi connectivity index (χ3n) is 5.22. The van der Waals surface area contributed by atoms with Gasteiger partial charge in [-0.2, -0.15) is 13.5 Å². The fourth-order valence-corrected chi connectivity index (χ4v) is 3.82. The van der Waals surface area contributed by atoms with Crippen LogP contribution in [-0.4, -0.2) is 53.5 Å². The number of nitrogens with two attached hydrogens (primary N) is 2. The standard InChI is InChI=1S/C18H30N4O5.HI.H2S/c1-17(2,3)27-16(26)21-11-6-8-18(9-7-11)10-22(15(18)25)12(14(20)24)4-5-13(19)23;;/h11-12H,4-10H2,1-3H3,(H2,19,23)(H2,20,24)(H,21,26);1H;1H2/t11?,12-,18?;;/m0../s1/i/hD. The molecular formula is C18H33IN4O5S. The summed E-state index contributed by atoms with van der Waals surface area (Å²) < 4.78 is 11.0. The number of carbonyl (C=O) groups is 4. The van der Waals surface area contributed by atoms with Gasteiger partial charge in [0.25, 0.3) is 0 Å². The summed E-state index contributed by atoms with van der Waals surface area (Å²) in [6.07, 6.45) is 2.30. The normalized spacial score (nSPS) is 24.7. The molecule has 1 spiro atoms. The van der Waals surface area contributed by atoms with Gasteiger partial charge in [0.05, 0.1) is 5.41 Å². The first-order valence-corrected chi connectivity index (χ1v) is 9.32. The Morgan fingerprint density at radius 2 is 1.86 bits per heavy atom. The van der Waals surface area contributed by atoms with Gasteiger partial charge >= 0.3 is 6.09 Å². The van der Waals surface area contributed by atoms with Crippen molar-refractivity contribution in [2.75, 3.05) is 6.54 Å². The Balaban J connectivity index is 0.00000272. The van der Waals surface area contributed by atoms with Crippen LogP contribution in [0.25, 0.3) is 0 Å². The average molecular weight is 545 g/mol. The van der Waals surface area contributed by atoms with E-state index in [2.05, 4.69) is 5.32 Å². The van der Waals surface area contributed by atoms with E-state index in [0.717, 1.165) is 0 Å². The van der Waals surface area contributed by atoms with Gasteiger partial charge in [0.1, 0.15) is 12.2 Å². The lowest BCUT2D eigenvalue weighted by Gasteiger charge is -2.54. The molecule has 2 fully saturated rings. The lowest BCUT2D eigenvalue weighted by atomic mass is 9.66. The number of amides is 4. The van der Waals surface area contributed by atoms with Gasteiger partial charge in [0, 0.05) is 19.0 Å². The van der Waals surface area contributed by atoms with Gasteiger partial charge < -0.3 is 26.4 Å². The average Bonchev–Trinajstić information content (AvgIpc) is 2.61. The monoisotopic (exact) mass is 545 g/mol. The van der Waals surface area contributed by atoms with E-state index >= 15 is 0 Å². The van der Waals surface area contributed by atoms with E-state index in [1.165, 1.54) is 28.7 Å². The molecule has 2 rings (SSSR count). The molecule has 1 atom stereocenters. The molecule has 29 heavy (non-hydrogen) atoms. The van der Waals surface area contributed by atoms with Gasteiger partial charge in [-0.1, -0.05) is 0 Å². The molecule has 2 aliphatic rings. The van der Waals surface area contributed by atoms with Crippen LogP contribution in [0, 0.1) is 5.41 Å². The third-order valence-corrected chi connectivity index (χ3v) is 5.22. The van der Waals surface area contributed by atoms with Crippen LogP contribution < -0.4 is 16.8 Å². The van der Waals surface area contributed by atoms with Crippen molar-refractivity contribution in [3.05, 3.63) is 0 Å². The largest absolute Gasteiger partial charge is 0.444 e. The summed E-state index contributed by atoms with van der Waals surface area (Å²) in [6.45, 7) is 5.85. The van der Waals surface area contributed by atoms with E-state index in [4.69, 9.17) is 16.8 Å². The summed E-state index contributed by atoms with van der Waals surface area (Å²) in [5.41, 5.74) is 9.47. The molecule has 0 radical (unpaired) electrons. The summed E-state index contributed by atoms with van der Waals surface area (Å²) in [7, 11) is 0. The van der Waals surface area contributed by atoms with Crippen LogP contribution in [-0.2, 0) is 19.1 Å². The van der Waals surface area contributed by atoms with E-state index < -0.39 is 35.0 Å². The number of primary amides is 2. The molecule has 9 nitrogen and oxygen atoms in total. The molecular weight excluding hydrogens is 511 g/mol. The highest BCUT2D eigenvalue weighted by molar-refractivity contribution is 14.0. The van der Waals surface area contributed by atoms with Crippen LogP contribution in [0.1, 0.15) is 59.3 Å². The van der Waals surface area contributed by atoms with Crippen molar-refractivity contribution < 1.29 is 23.9 Å². The Hall–Kier alpha value is -1.24. The van der Waals surface area contributed by atoms with Crippen LogP contribution in [0.15, 0.2) is 0 Å². The third kappa shape index (κ3) is 7.19.